The summed E-state index contributed by atoms with van der Waals surface area (Å²) >= 11 is 0. The predicted molar refractivity (Wildman–Crippen MR) is 94.1 cm³/mol. The quantitative estimate of drug-likeness (QED) is 0.762. The van der Waals surface area contributed by atoms with E-state index >= 15 is 0 Å². The summed E-state index contributed by atoms with van der Waals surface area (Å²) in [5.41, 5.74) is 0.855. The highest BCUT2D eigenvalue weighted by molar-refractivity contribution is 7.85. The van der Waals surface area contributed by atoms with Crippen molar-refractivity contribution in [1.29, 1.82) is 0 Å². The molecule has 0 saturated carbocycles. The average molecular weight is 365 g/mol. The lowest BCUT2D eigenvalue weighted by molar-refractivity contribution is -0.129. The first-order chi connectivity index (χ1) is 12.0. The van der Waals surface area contributed by atoms with Gasteiger partial charge >= 0.3 is 0 Å². The van der Waals surface area contributed by atoms with Crippen molar-refractivity contribution in [2.24, 2.45) is 0 Å². The predicted octanol–water partition coefficient (Wildman–Crippen LogP) is -0.256. The molecule has 2 fully saturated rings. The van der Waals surface area contributed by atoms with Crippen LogP contribution in [0.3, 0.4) is 0 Å². The Kier molecular flexibility index (Phi) is 4.36. The Morgan fingerprint density at radius 3 is 2.64 bits per heavy atom. The number of nitrogens with one attached hydrogen (secondary N) is 1. The van der Waals surface area contributed by atoms with Gasteiger partial charge in [-0.2, -0.15) is 4.98 Å². The third-order valence-corrected chi connectivity index (χ3v) is 6.56. The van der Waals surface area contributed by atoms with Crippen LogP contribution in [0, 0.1) is 0 Å². The van der Waals surface area contributed by atoms with Gasteiger partial charge in [0.1, 0.15) is 10.7 Å². The Hall–Kier alpha value is -1.74. The fraction of sp³-hybridized carbons (Fsp3) is 0.688. The Morgan fingerprint density at radius 2 is 2.00 bits per heavy atom. The highest BCUT2D eigenvalue weighted by Crippen LogP contribution is 2.32. The monoisotopic (exact) mass is 365 g/mol. The van der Waals surface area contributed by atoms with Crippen LogP contribution in [0.5, 0.6) is 0 Å². The van der Waals surface area contributed by atoms with Gasteiger partial charge < -0.3 is 20.2 Å². The number of rotatable bonds is 3. The number of aryl methyl sites for hydroxylation is 1. The fourth-order valence-electron chi connectivity index (χ4n) is 3.57. The minimum Gasteiger partial charge on any atom is -0.389 e. The van der Waals surface area contributed by atoms with Crippen molar-refractivity contribution in [2.75, 3.05) is 42.1 Å². The minimum atomic E-state index is -1.06. The first-order valence-electron chi connectivity index (χ1n) is 8.75. The summed E-state index contributed by atoms with van der Waals surface area (Å²) < 4.78 is 12.4. The van der Waals surface area contributed by atoms with Crippen LogP contribution in [0.4, 0.5) is 11.8 Å². The average Bonchev–Trinajstić information content (AvgIpc) is 2.94. The van der Waals surface area contributed by atoms with Gasteiger partial charge in [-0.1, -0.05) is 0 Å². The molecule has 0 aliphatic carbocycles. The molecule has 3 aliphatic rings. The second kappa shape index (κ2) is 6.53. The molecule has 8 nitrogen and oxygen atoms in total. The topological polar surface area (TPSA) is 98.7 Å². The molecular formula is C16H23N5O3S. The standard InChI is InChI=1S/C16H23N5O3S/c1-10(22)20-5-2-11(3-6-20)17-15-14-13(4-7-25(14)24)18-16(19-15)21-8-12(23)9-21/h11-12,23H,2-9H2,1H3,(H,17,18,19). The summed E-state index contributed by atoms with van der Waals surface area (Å²) in [5, 5.41) is 13.0. The molecule has 2 saturated heterocycles. The van der Waals surface area contributed by atoms with E-state index < -0.39 is 10.8 Å². The molecule has 1 amide bonds. The molecule has 3 aliphatic heterocycles. The van der Waals surface area contributed by atoms with Crippen molar-refractivity contribution in [2.45, 2.75) is 43.2 Å². The van der Waals surface area contributed by atoms with Crippen LogP contribution in [0.2, 0.25) is 0 Å². The van der Waals surface area contributed by atoms with Crippen LogP contribution in [0.15, 0.2) is 4.90 Å². The van der Waals surface area contributed by atoms with E-state index in [4.69, 9.17) is 0 Å². The number of hydrogen-bond donors (Lipinski definition) is 2. The summed E-state index contributed by atoms with van der Waals surface area (Å²) in [5.74, 6) is 1.97. The number of aliphatic hydroxyl groups is 1. The van der Waals surface area contributed by atoms with E-state index in [1.807, 2.05) is 9.80 Å². The van der Waals surface area contributed by atoms with Crippen LogP contribution in [-0.2, 0) is 22.0 Å². The Balaban J connectivity index is 1.54. The number of aliphatic hydroxyl groups excluding tert-OH is 1. The summed E-state index contributed by atoms with van der Waals surface area (Å²) in [6, 6.07) is 0.210. The van der Waals surface area contributed by atoms with Crippen LogP contribution in [0.25, 0.3) is 0 Å². The van der Waals surface area contributed by atoms with Crippen LogP contribution >= 0.6 is 0 Å². The maximum atomic E-state index is 12.4. The first-order valence-corrected chi connectivity index (χ1v) is 10.1. The minimum absolute atomic E-state index is 0.112. The highest BCUT2D eigenvalue weighted by atomic mass is 32.2. The molecule has 1 unspecified atom stereocenters. The van der Waals surface area contributed by atoms with Gasteiger partial charge in [0, 0.05) is 51.3 Å². The molecule has 0 bridgehead atoms. The Labute approximate surface area is 149 Å². The van der Waals surface area contributed by atoms with E-state index in [2.05, 4.69) is 15.3 Å². The van der Waals surface area contributed by atoms with E-state index in [0.717, 1.165) is 36.5 Å². The maximum Gasteiger partial charge on any atom is 0.227 e. The number of nitrogens with zero attached hydrogens (tertiary/aromatic N) is 4. The largest absolute Gasteiger partial charge is 0.389 e. The summed E-state index contributed by atoms with van der Waals surface area (Å²) in [6.07, 6.45) is 2.08. The summed E-state index contributed by atoms with van der Waals surface area (Å²) in [6.45, 7) is 4.14. The molecule has 1 aromatic heterocycles. The lowest BCUT2D eigenvalue weighted by Gasteiger charge is -2.36. The number of fused-ring (bicyclic) bond motifs is 1. The lowest BCUT2D eigenvalue weighted by atomic mass is 10.1. The van der Waals surface area contributed by atoms with Gasteiger partial charge in [0.05, 0.1) is 22.6 Å². The van der Waals surface area contributed by atoms with E-state index in [-0.39, 0.29) is 18.1 Å². The normalized spacial score (nSPS) is 24.2. The molecule has 4 rings (SSSR count). The van der Waals surface area contributed by atoms with Crippen LogP contribution < -0.4 is 10.2 Å². The molecule has 4 heterocycles. The molecule has 1 aromatic rings. The number of piperidine rings is 1. The Bertz CT molecular complexity index is 714. The van der Waals surface area contributed by atoms with Gasteiger partial charge in [-0.25, -0.2) is 4.98 Å². The fourth-order valence-corrected chi connectivity index (χ4v) is 4.89. The number of aromatic nitrogens is 2. The summed E-state index contributed by atoms with van der Waals surface area (Å²) in [7, 11) is -1.06. The molecule has 2 N–H and O–H groups in total. The van der Waals surface area contributed by atoms with E-state index in [0.29, 0.717) is 37.0 Å². The van der Waals surface area contributed by atoms with E-state index in [1.54, 1.807) is 6.92 Å². The molecule has 0 radical (unpaired) electrons. The lowest BCUT2D eigenvalue weighted by Crippen LogP contribution is -2.51. The van der Waals surface area contributed by atoms with Crippen molar-refractivity contribution < 1.29 is 14.1 Å². The van der Waals surface area contributed by atoms with Crippen molar-refractivity contribution >= 4 is 28.5 Å². The number of β-amino-alcohol motifs (C(OH)–C–C–N with tert-alkyl or cyclic N) is 1. The maximum absolute atomic E-state index is 12.4. The second-order valence-corrected chi connectivity index (χ2v) is 8.44. The van der Waals surface area contributed by atoms with Gasteiger partial charge in [0.15, 0.2) is 0 Å². The van der Waals surface area contributed by atoms with Crippen molar-refractivity contribution in [3.63, 3.8) is 0 Å². The highest BCUT2D eigenvalue weighted by Gasteiger charge is 2.32. The molecule has 0 aromatic carbocycles. The second-order valence-electron chi connectivity index (χ2n) is 6.93. The molecule has 9 heteroatoms. The number of anilines is 2. The number of carbonyl (C=O) groups is 1. The van der Waals surface area contributed by atoms with Crippen molar-refractivity contribution in [3.05, 3.63) is 5.69 Å². The SMILES string of the molecule is CC(=O)N1CCC(Nc2nc(N3CC(O)C3)nc3c2S(=O)CC3)CC1. The zero-order chi connectivity index (χ0) is 17.6. The van der Waals surface area contributed by atoms with E-state index in [1.165, 1.54) is 0 Å². The molecular weight excluding hydrogens is 342 g/mol. The van der Waals surface area contributed by atoms with Gasteiger partial charge in [-0.3, -0.25) is 9.00 Å². The smallest absolute Gasteiger partial charge is 0.227 e. The zero-order valence-electron chi connectivity index (χ0n) is 14.3. The summed E-state index contributed by atoms with van der Waals surface area (Å²) in [4.78, 5) is 25.2. The molecule has 25 heavy (non-hydrogen) atoms. The molecule has 0 spiro atoms. The Morgan fingerprint density at radius 1 is 1.28 bits per heavy atom. The van der Waals surface area contributed by atoms with Gasteiger partial charge in [0.25, 0.3) is 0 Å². The number of amides is 1. The molecule has 136 valence electrons. The number of carbonyl (C=O) groups excluding carboxylic acids is 1. The first kappa shape index (κ1) is 16.7. The number of likely N-dealkylation sites (tertiary alicyclic amines) is 1. The third kappa shape index (κ3) is 3.22. The van der Waals surface area contributed by atoms with Crippen LogP contribution in [-0.4, -0.2) is 74.2 Å². The van der Waals surface area contributed by atoms with Gasteiger partial charge in [-0.15, -0.1) is 0 Å². The van der Waals surface area contributed by atoms with Crippen LogP contribution in [0.1, 0.15) is 25.5 Å². The van der Waals surface area contributed by atoms with Gasteiger partial charge in [-0.05, 0) is 12.8 Å². The van der Waals surface area contributed by atoms with Crippen molar-refractivity contribution in [3.8, 4) is 0 Å². The van der Waals surface area contributed by atoms with Gasteiger partial charge in [0.2, 0.25) is 11.9 Å². The molecule has 1 atom stereocenters. The zero-order valence-corrected chi connectivity index (χ0v) is 15.1. The number of hydrogen-bond acceptors (Lipinski definition) is 7. The van der Waals surface area contributed by atoms with Crippen molar-refractivity contribution in [1.82, 2.24) is 14.9 Å². The van der Waals surface area contributed by atoms with E-state index in [9.17, 15) is 14.1 Å². The third-order valence-electron chi connectivity index (χ3n) is 5.10.